The Kier molecular flexibility index (Phi) is 7.23. The molecule has 2 heterocycles. The second-order valence-electron chi connectivity index (χ2n) is 6.86. The number of carbonyl (C=O) groups excluding carboxylic acids is 1. The van der Waals surface area contributed by atoms with Crippen molar-refractivity contribution in [2.75, 3.05) is 6.61 Å². The molecule has 10 nitrogen and oxygen atoms in total. The maximum Gasteiger partial charge on any atom is 0.359 e. The van der Waals surface area contributed by atoms with Crippen LogP contribution in [0, 0.1) is 5.82 Å². The number of esters is 1. The van der Waals surface area contributed by atoms with Gasteiger partial charge in [0, 0.05) is 6.07 Å². The molecule has 0 spiro atoms. The lowest BCUT2D eigenvalue weighted by Gasteiger charge is -2.08. The van der Waals surface area contributed by atoms with Crippen molar-refractivity contribution in [1.29, 1.82) is 0 Å². The lowest BCUT2D eigenvalue weighted by Crippen LogP contribution is -2.27. The molecule has 11 heteroatoms. The van der Waals surface area contributed by atoms with Gasteiger partial charge in [-0.15, -0.1) is 0 Å². The molecule has 0 bridgehead atoms. The summed E-state index contributed by atoms with van der Waals surface area (Å²) in [6, 6.07) is 17.1. The Morgan fingerprint density at radius 2 is 1.71 bits per heavy atom. The summed E-state index contributed by atoms with van der Waals surface area (Å²) in [5.74, 6) is 0.236. The third-order valence-corrected chi connectivity index (χ3v) is 4.41. The minimum absolute atomic E-state index is 0.0132. The fraction of sp³-hybridized carbons (Fsp3) is 0.174. The van der Waals surface area contributed by atoms with Crippen LogP contribution in [0.15, 0.2) is 76.0 Å². The molecule has 0 aliphatic carbocycles. The summed E-state index contributed by atoms with van der Waals surface area (Å²) in [5.41, 5.74) is -0.436. The highest BCUT2D eigenvalue weighted by atomic mass is 19.1. The molecule has 174 valence electrons. The summed E-state index contributed by atoms with van der Waals surface area (Å²) in [7, 11) is 0. The van der Waals surface area contributed by atoms with Crippen molar-refractivity contribution in [3.63, 3.8) is 0 Å². The van der Waals surface area contributed by atoms with Gasteiger partial charge in [0.2, 0.25) is 5.82 Å². The van der Waals surface area contributed by atoms with Crippen molar-refractivity contribution in [3.05, 3.63) is 100 Å². The van der Waals surface area contributed by atoms with Gasteiger partial charge in [-0.3, -0.25) is 4.79 Å². The van der Waals surface area contributed by atoms with Crippen LogP contribution in [0.25, 0.3) is 0 Å². The Hall–Kier alpha value is -4.54. The molecule has 0 saturated heterocycles. The number of rotatable bonds is 10. The average Bonchev–Trinajstić information content (AvgIpc) is 3.32. The number of aromatic nitrogens is 4. The third kappa shape index (κ3) is 6.25. The van der Waals surface area contributed by atoms with Crippen molar-refractivity contribution >= 4 is 5.97 Å². The molecule has 34 heavy (non-hydrogen) atoms. The summed E-state index contributed by atoms with van der Waals surface area (Å²) in [5, 5.41) is 7.76. The first kappa shape index (κ1) is 22.6. The molecule has 2 aromatic carbocycles. The van der Waals surface area contributed by atoms with Crippen LogP contribution >= 0.6 is 0 Å². The van der Waals surface area contributed by atoms with Crippen molar-refractivity contribution in [2.45, 2.75) is 19.8 Å². The Balaban J connectivity index is 1.27. The normalized spacial score (nSPS) is 10.6. The molecule has 0 fully saturated rings. The molecule has 0 atom stereocenters. The van der Waals surface area contributed by atoms with Gasteiger partial charge in [-0.25, -0.2) is 13.9 Å². The molecular weight excluding hydrogens is 447 g/mol. The minimum Gasteiger partial charge on any atom is -0.492 e. The molecule has 2 aromatic heterocycles. The molecule has 4 aromatic rings. The van der Waals surface area contributed by atoms with Gasteiger partial charge in [0.1, 0.15) is 23.9 Å². The molecule has 0 aliphatic rings. The Morgan fingerprint density at radius 3 is 2.50 bits per heavy atom. The van der Waals surface area contributed by atoms with Crippen molar-refractivity contribution in [2.24, 2.45) is 0 Å². The van der Waals surface area contributed by atoms with Crippen LogP contribution in [0.2, 0.25) is 0 Å². The zero-order chi connectivity index (χ0) is 23.8. The van der Waals surface area contributed by atoms with Gasteiger partial charge in [-0.1, -0.05) is 23.4 Å². The second-order valence-corrected chi connectivity index (χ2v) is 6.86. The maximum absolute atomic E-state index is 12.9. The van der Waals surface area contributed by atoms with E-state index >= 15 is 0 Å². The SMILES string of the molecule is O=C(OCc1nc(COc2ccc(F)cc2)no1)c1ccc(=O)n(CCOc2ccccc2)n1. The van der Waals surface area contributed by atoms with E-state index in [0.717, 1.165) is 4.68 Å². The van der Waals surface area contributed by atoms with Gasteiger partial charge >= 0.3 is 5.97 Å². The predicted octanol–water partition coefficient (Wildman–Crippen LogP) is 2.78. The molecule has 0 radical (unpaired) electrons. The molecule has 4 rings (SSSR count). The molecular formula is C23H19FN4O6. The monoisotopic (exact) mass is 466 g/mol. The van der Waals surface area contributed by atoms with Crippen LogP contribution in [0.3, 0.4) is 0 Å². The van der Waals surface area contributed by atoms with Crippen LogP contribution in [0.4, 0.5) is 4.39 Å². The van der Waals surface area contributed by atoms with Crippen molar-refractivity contribution in [3.8, 4) is 11.5 Å². The standard InChI is InChI=1S/C23H19FN4O6/c24-16-6-8-18(9-7-16)32-14-20-25-21(34-27-20)15-33-23(30)19-10-11-22(29)28(26-19)12-13-31-17-4-2-1-3-5-17/h1-11H,12-15H2. The number of hydrogen-bond acceptors (Lipinski definition) is 9. The highest BCUT2D eigenvalue weighted by molar-refractivity contribution is 5.86. The summed E-state index contributed by atoms with van der Waals surface area (Å²) >= 11 is 0. The van der Waals surface area contributed by atoms with E-state index in [4.69, 9.17) is 18.7 Å². The number of hydrogen-bond donors (Lipinski definition) is 0. The van der Waals surface area contributed by atoms with E-state index in [9.17, 15) is 14.0 Å². The largest absolute Gasteiger partial charge is 0.492 e. The number of benzene rings is 2. The summed E-state index contributed by atoms with van der Waals surface area (Å²) in [6.45, 7) is 0.0387. The van der Waals surface area contributed by atoms with E-state index in [2.05, 4.69) is 15.2 Å². The molecule has 0 unspecified atom stereocenters. The van der Waals surface area contributed by atoms with Crippen molar-refractivity contribution in [1.82, 2.24) is 19.9 Å². The topological polar surface area (TPSA) is 119 Å². The Labute approximate surface area is 192 Å². The van der Waals surface area contributed by atoms with E-state index in [1.807, 2.05) is 18.2 Å². The van der Waals surface area contributed by atoms with Crippen LogP contribution in [0.5, 0.6) is 11.5 Å². The van der Waals surface area contributed by atoms with E-state index in [1.54, 1.807) is 12.1 Å². The quantitative estimate of drug-likeness (QED) is 0.325. The highest BCUT2D eigenvalue weighted by Crippen LogP contribution is 2.13. The molecule has 0 aliphatic heterocycles. The van der Waals surface area contributed by atoms with E-state index in [-0.39, 0.29) is 55.2 Å². The first-order valence-corrected chi connectivity index (χ1v) is 10.2. The fourth-order valence-electron chi connectivity index (χ4n) is 2.77. The highest BCUT2D eigenvalue weighted by Gasteiger charge is 2.14. The van der Waals surface area contributed by atoms with E-state index in [0.29, 0.717) is 11.5 Å². The lowest BCUT2D eigenvalue weighted by molar-refractivity contribution is 0.0419. The number of nitrogens with zero attached hydrogens (tertiary/aromatic N) is 4. The summed E-state index contributed by atoms with van der Waals surface area (Å²) in [6.07, 6.45) is 0. The van der Waals surface area contributed by atoms with Gasteiger partial charge in [-0.2, -0.15) is 10.1 Å². The second kappa shape index (κ2) is 10.9. The third-order valence-electron chi connectivity index (χ3n) is 4.41. The van der Waals surface area contributed by atoms with E-state index in [1.165, 1.54) is 36.4 Å². The van der Waals surface area contributed by atoms with Gasteiger partial charge < -0.3 is 18.7 Å². The number of ether oxygens (including phenoxy) is 3. The molecule has 0 N–H and O–H groups in total. The maximum atomic E-state index is 12.9. The average molecular weight is 466 g/mol. The lowest BCUT2D eigenvalue weighted by atomic mass is 10.3. The number of carbonyl (C=O) groups is 1. The first-order valence-electron chi connectivity index (χ1n) is 10.2. The summed E-state index contributed by atoms with van der Waals surface area (Å²) in [4.78, 5) is 28.4. The Bertz CT molecular complexity index is 1290. The van der Waals surface area contributed by atoms with Gasteiger partial charge in [0.25, 0.3) is 11.4 Å². The van der Waals surface area contributed by atoms with Crippen molar-refractivity contribution < 1.29 is 27.9 Å². The zero-order valence-corrected chi connectivity index (χ0v) is 17.8. The summed E-state index contributed by atoms with van der Waals surface area (Å²) < 4.78 is 35.2. The minimum atomic E-state index is -0.764. The smallest absolute Gasteiger partial charge is 0.359 e. The first-order chi connectivity index (χ1) is 16.6. The molecule has 0 saturated carbocycles. The van der Waals surface area contributed by atoms with Crippen LogP contribution in [-0.4, -0.2) is 32.5 Å². The van der Waals surface area contributed by atoms with Gasteiger partial charge in [0.15, 0.2) is 18.9 Å². The van der Waals surface area contributed by atoms with Crippen LogP contribution < -0.4 is 15.0 Å². The zero-order valence-electron chi connectivity index (χ0n) is 17.8. The predicted molar refractivity (Wildman–Crippen MR) is 115 cm³/mol. The Morgan fingerprint density at radius 1 is 0.941 bits per heavy atom. The number of halogens is 1. The fourth-order valence-corrected chi connectivity index (χ4v) is 2.77. The number of para-hydroxylation sites is 1. The van der Waals surface area contributed by atoms with Gasteiger partial charge in [-0.05, 0) is 42.5 Å². The van der Waals surface area contributed by atoms with Crippen LogP contribution in [-0.2, 0) is 24.5 Å². The molecule has 0 amide bonds. The van der Waals surface area contributed by atoms with Gasteiger partial charge in [0.05, 0.1) is 6.54 Å². The van der Waals surface area contributed by atoms with E-state index < -0.39 is 5.97 Å². The van der Waals surface area contributed by atoms with Crippen LogP contribution in [0.1, 0.15) is 22.2 Å².